The summed E-state index contributed by atoms with van der Waals surface area (Å²) in [5, 5.41) is 8.38. The summed E-state index contributed by atoms with van der Waals surface area (Å²) < 4.78 is 12.0. The van der Waals surface area contributed by atoms with Crippen LogP contribution in [0.15, 0.2) is 12.1 Å². The fraction of sp³-hybridized carbons (Fsp3) is 0.375. The second-order valence-corrected chi connectivity index (χ2v) is 6.01. The lowest BCUT2D eigenvalue weighted by atomic mass is 10.5. The van der Waals surface area contributed by atoms with Gasteiger partial charge in [0.15, 0.2) is 0 Å². The molecule has 1 unspecified atom stereocenters. The minimum absolute atomic E-state index is 0.0499. The van der Waals surface area contributed by atoms with Gasteiger partial charge in [0.1, 0.15) is 0 Å². The van der Waals surface area contributed by atoms with Gasteiger partial charge >= 0.3 is 5.97 Å². The maximum absolute atomic E-state index is 11.3. The zero-order chi connectivity index (χ0) is 10.6. The Morgan fingerprint density at radius 1 is 1.57 bits per heavy atom. The highest BCUT2D eigenvalue weighted by molar-refractivity contribution is 7.84. The van der Waals surface area contributed by atoms with E-state index >= 15 is 0 Å². The lowest BCUT2D eigenvalue weighted by Crippen LogP contribution is -2.05. The molecule has 0 aromatic carbocycles. The van der Waals surface area contributed by atoms with E-state index in [2.05, 4.69) is 0 Å². The molecule has 1 atom stereocenters. The predicted molar refractivity (Wildman–Crippen MR) is 58.3 cm³/mol. The van der Waals surface area contributed by atoms with Gasteiger partial charge in [0.25, 0.3) is 0 Å². The Bertz CT molecular complexity index is 348. The predicted octanol–water partition coefficient (Wildman–Crippen LogP) is 2.12. The molecule has 0 saturated carbocycles. The van der Waals surface area contributed by atoms with Crippen LogP contribution in [-0.4, -0.2) is 21.0 Å². The van der Waals surface area contributed by atoms with Gasteiger partial charge < -0.3 is 5.11 Å². The molecule has 0 aliphatic heterocycles. The van der Waals surface area contributed by atoms with Crippen molar-refractivity contribution in [1.82, 2.24) is 0 Å². The molecule has 1 heterocycles. The molecule has 78 valence electrons. The number of carboxylic acids is 1. The zero-order valence-electron chi connectivity index (χ0n) is 7.23. The first-order chi connectivity index (χ1) is 6.58. The normalized spacial score (nSPS) is 12.6. The van der Waals surface area contributed by atoms with E-state index in [0.29, 0.717) is 10.1 Å². The maximum atomic E-state index is 11.3. The summed E-state index contributed by atoms with van der Waals surface area (Å²) in [5.74, 6) is -0.322. The summed E-state index contributed by atoms with van der Waals surface area (Å²) in [7, 11) is -1.11. The smallest absolute Gasteiger partial charge is 0.304 e. The fourth-order valence-electron chi connectivity index (χ4n) is 0.861. The minimum atomic E-state index is -1.11. The Labute approximate surface area is 93.2 Å². The van der Waals surface area contributed by atoms with E-state index in [1.165, 1.54) is 11.3 Å². The van der Waals surface area contributed by atoms with Gasteiger partial charge in [0, 0.05) is 21.4 Å². The molecular formula is C8H9ClO3S2. The van der Waals surface area contributed by atoms with Crippen molar-refractivity contribution in [2.45, 2.75) is 12.2 Å². The van der Waals surface area contributed by atoms with Crippen LogP contribution in [0.2, 0.25) is 4.34 Å². The number of carboxylic acid groups (broad SMARTS) is 1. The largest absolute Gasteiger partial charge is 0.481 e. The first-order valence-corrected chi connectivity index (χ1v) is 6.57. The highest BCUT2D eigenvalue weighted by Gasteiger charge is 2.06. The molecule has 1 rings (SSSR count). The minimum Gasteiger partial charge on any atom is -0.481 e. The van der Waals surface area contributed by atoms with Crippen LogP contribution in [0, 0.1) is 0 Å². The summed E-state index contributed by atoms with van der Waals surface area (Å²) in [6.45, 7) is 0. The summed E-state index contributed by atoms with van der Waals surface area (Å²) in [4.78, 5) is 11.1. The highest BCUT2D eigenvalue weighted by atomic mass is 35.5. The van der Waals surface area contributed by atoms with Gasteiger partial charge in [-0.1, -0.05) is 11.6 Å². The molecule has 0 bridgehead atoms. The third-order valence-electron chi connectivity index (χ3n) is 1.48. The number of hydrogen-bond acceptors (Lipinski definition) is 3. The highest BCUT2D eigenvalue weighted by Crippen LogP contribution is 2.22. The lowest BCUT2D eigenvalue weighted by Gasteiger charge is -1.96. The van der Waals surface area contributed by atoms with E-state index in [9.17, 15) is 9.00 Å². The summed E-state index contributed by atoms with van der Waals surface area (Å²) in [6, 6.07) is 3.56. The molecular weight excluding hydrogens is 244 g/mol. The molecule has 1 N–H and O–H groups in total. The fourth-order valence-corrected chi connectivity index (χ4v) is 3.33. The van der Waals surface area contributed by atoms with Gasteiger partial charge in [0.05, 0.1) is 16.5 Å². The molecule has 1 aromatic heterocycles. The number of halogens is 1. The van der Waals surface area contributed by atoms with Crippen LogP contribution >= 0.6 is 22.9 Å². The maximum Gasteiger partial charge on any atom is 0.304 e. The van der Waals surface area contributed by atoms with Gasteiger partial charge in [-0.3, -0.25) is 9.00 Å². The van der Waals surface area contributed by atoms with Crippen LogP contribution in [-0.2, 0) is 21.3 Å². The number of rotatable bonds is 5. The van der Waals surface area contributed by atoms with Gasteiger partial charge in [-0.05, 0) is 12.1 Å². The number of carbonyl (C=O) groups is 1. The third kappa shape index (κ3) is 4.21. The van der Waals surface area contributed by atoms with Crippen molar-refractivity contribution in [2.24, 2.45) is 0 Å². The topological polar surface area (TPSA) is 54.4 Å². The van der Waals surface area contributed by atoms with Crippen molar-refractivity contribution in [3.05, 3.63) is 21.3 Å². The Morgan fingerprint density at radius 2 is 2.29 bits per heavy atom. The van der Waals surface area contributed by atoms with E-state index in [-0.39, 0.29) is 12.2 Å². The van der Waals surface area contributed by atoms with Crippen LogP contribution in [0.1, 0.15) is 11.3 Å². The van der Waals surface area contributed by atoms with Crippen LogP contribution in [0.5, 0.6) is 0 Å². The Balaban J connectivity index is 2.37. The average Bonchev–Trinajstić information content (AvgIpc) is 2.48. The quantitative estimate of drug-likeness (QED) is 0.874. The molecule has 1 aromatic rings. The standard InChI is InChI=1S/C8H9ClO3S2/c9-7-2-1-6(13-7)5-14(12)4-3-8(10)11/h1-2H,3-5H2,(H,10,11). The van der Waals surface area contributed by atoms with Crippen LogP contribution in [0.4, 0.5) is 0 Å². The zero-order valence-corrected chi connectivity index (χ0v) is 9.62. The van der Waals surface area contributed by atoms with Crippen molar-refractivity contribution in [3.8, 4) is 0 Å². The van der Waals surface area contributed by atoms with Crippen molar-refractivity contribution >= 4 is 39.7 Å². The molecule has 6 heteroatoms. The molecule has 0 saturated heterocycles. The van der Waals surface area contributed by atoms with E-state index < -0.39 is 16.8 Å². The SMILES string of the molecule is O=C(O)CCS(=O)Cc1ccc(Cl)s1. The van der Waals surface area contributed by atoms with Gasteiger partial charge in [-0.2, -0.15) is 0 Å². The molecule has 0 spiro atoms. The molecule has 0 fully saturated rings. The third-order valence-corrected chi connectivity index (χ3v) is 4.18. The molecule has 0 amide bonds. The van der Waals surface area contributed by atoms with Gasteiger partial charge in [-0.15, -0.1) is 11.3 Å². The Morgan fingerprint density at radius 3 is 2.79 bits per heavy atom. The first-order valence-electron chi connectivity index (χ1n) is 3.89. The van der Waals surface area contributed by atoms with Gasteiger partial charge in [0.2, 0.25) is 0 Å². The van der Waals surface area contributed by atoms with E-state index in [1.54, 1.807) is 6.07 Å². The van der Waals surface area contributed by atoms with Crippen LogP contribution in [0.3, 0.4) is 0 Å². The van der Waals surface area contributed by atoms with Crippen molar-refractivity contribution in [1.29, 1.82) is 0 Å². The molecule has 0 aliphatic carbocycles. The summed E-state index contributed by atoms with van der Waals surface area (Å²) in [5.41, 5.74) is 0. The van der Waals surface area contributed by atoms with E-state index in [1.807, 2.05) is 6.07 Å². The number of aliphatic carboxylic acids is 1. The molecule has 14 heavy (non-hydrogen) atoms. The van der Waals surface area contributed by atoms with Crippen molar-refractivity contribution in [3.63, 3.8) is 0 Å². The van der Waals surface area contributed by atoms with Crippen molar-refractivity contribution in [2.75, 3.05) is 5.75 Å². The summed E-state index contributed by atoms with van der Waals surface area (Å²) >= 11 is 7.07. The second-order valence-electron chi connectivity index (χ2n) is 2.64. The summed E-state index contributed by atoms with van der Waals surface area (Å²) in [6.07, 6.45) is -0.0499. The monoisotopic (exact) mass is 252 g/mol. The number of thiophene rings is 1. The van der Waals surface area contributed by atoms with E-state index in [4.69, 9.17) is 16.7 Å². The van der Waals surface area contributed by atoms with E-state index in [0.717, 1.165) is 4.88 Å². The lowest BCUT2D eigenvalue weighted by molar-refractivity contribution is -0.136. The Hall–Kier alpha value is -0.390. The van der Waals surface area contributed by atoms with Crippen molar-refractivity contribution < 1.29 is 14.1 Å². The van der Waals surface area contributed by atoms with Crippen LogP contribution < -0.4 is 0 Å². The van der Waals surface area contributed by atoms with Crippen LogP contribution in [0.25, 0.3) is 0 Å². The first kappa shape index (κ1) is 11.7. The molecule has 0 radical (unpaired) electrons. The molecule has 0 aliphatic rings. The average molecular weight is 253 g/mol. The second kappa shape index (κ2) is 5.48. The Kier molecular flexibility index (Phi) is 4.57. The molecule has 3 nitrogen and oxygen atoms in total. The van der Waals surface area contributed by atoms with Gasteiger partial charge in [-0.25, -0.2) is 0 Å². The number of hydrogen-bond donors (Lipinski definition) is 1.